The Balaban J connectivity index is 2.33. The number of hydrogen-bond donors (Lipinski definition) is 1. The molecule has 0 saturated carbocycles. The first kappa shape index (κ1) is 14.1. The lowest BCUT2D eigenvalue weighted by Crippen LogP contribution is -2.16. The second-order valence-electron chi connectivity index (χ2n) is 3.69. The normalized spacial score (nSPS) is 9.95. The minimum Gasteiger partial charge on any atom is -0.496 e. The van der Waals surface area contributed by atoms with Gasteiger partial charge in [0.2, 0.25) is 5.95 Å². The highest BCUT2D eigenvalue weighted by atomic mass is 35.5. The summed E-state index contributed by atoms with van der Waals surface area (Å²) in [5, 5.41) is 2.78. The van der Waals surface area contributed by atoms with Gasteiger partial charge in [0.15, 0.2) is 0 Å². The van der Waals surface area contributed by atoms with Gasteiger partial charge >= 0.3 is 0 Å². The first-order chi connectivity index (χ1) is 9.65. The number of amides is 1. The Bertz CT molecular complexity index is 612. The number of aromatic nitrogens is 2. The van der Waals surface area contributed by atoms with Gasteiger partial charge in [0.25, 0.3) is 5.91 Å². The van der Waals surface area contributed by atoms with Crippen LogP contribution in [-0.2, 0) is 0 Å². The van der Waals surface area contributed by atoms with Crippen LogP contribution in [0.15, 0.2) is 30.5 Å². The highest BCUT2D eigenvalue weighted by Crippen LogP contribution is 2.28. The van der Waals surface area contributed by atoms with E-state index in [2.05, 4.69) is 15.3 Å². The SMILES string of the molecule is COc1cccc(OC)c1C(=O)Nc1nccc(Cl)n1. The van der Waals surface area contributed by atoms with Crippen molar-refractivity contribution in [1.29, 1.82) is 0 Å². The number of nitrogens with one attached hydrogen (secondary N) is 1. The first-order valence-electron chi connectivity index (χ1n) is 5.66. The van der Waals surface area contributed by atoms with Crippen molar-refractivity contribution in [2.24, 2.45) is 0 Å². The zero-order valence-electron chi connectivity index (χ0n) is 10.9. The average molecular weight is 294 g/mol. The quantitative estimate of drug-likeness (QED) is 0.876. The van der Waals surface area contributed by atoms with E-state index >= 15 is 0 Å². The number of rotatable bonds is 4. The van der Waals surface area contributed by atoms with Gasteiger partial charge < -0.3 is 9.47 Å². The van der Waals surface area contributed by atoms with Crippen LogP contribution in [0.25, 0.3) is 0 Å². The number of carbonyl (C=O) groups excluding carboxylic acids is 1. The molecule has 0 atom stereocenters. The Hall–Kier alpha value is -2.34. The number of hydrogen-bond acceptors (Lipinski definition) is 5. The highest BCUT2D eigenvalue weighted by Gasteiger charge is 2.19. The summed E-state index contributed by atoms with van der Waals surface area (Å²) < 4.78 is 10.3. The van der Waals surface area contributed by atoms with Crippen LogP contribution in [0.2, 0.25) is 5.15 Å². The van der Waals surface area contributed by atoms with Gasteiger partial charge in [0.1, 0.15) is 22.2 Å². The maximum atomic E-state index is 12.3. The monoisotopic (exact) mass is 293 g/mol. The third kappa shape index (κ3) is 2.97. The molecular weight excluding hydrogens is 282 g/mol. The van der Waals surface area contributed by atoms with E-state index in [4.69, 9.17) is 21.1 Å². The van der Waals surface area contributed by atoms with E-state index < -0.39 is 5.91 Å². The van der Waals surface area contributed by atoms with Gasteiger partial charge in [-0.25, -0.2) is 9.97 Å². The minimum absolute atomic E-state index is 0.107. The predicted octanol–water partition coefficient (Wildman–Crippen LogP) is 2.40. The molecule has 0 aliphatic heterocycles. The molecule has 0 saturated heterocycles. The van der Waals surface area contributed by atoms with Crippen molar-refractivity contribution in [1.82, 2.24) is 9.97 Å². The maximum Gasteiger partial charge on any atom is 0.265 e. The topological polar surface area (TPSA) is 73.3 Å². The summed E-state index contributed by atoms with van der Waals surface area (Å²) in [7, 11) is 2.95. The lowest BCUT2D eigenvalue weighted by atomic mass is 10.1. The molecule has 6 nitrogen and oxygen atoms in total. The number of methoxy groups -OCH3 is 2. The molecule has 0 spiro atoms. The third-order valence-electron chi connectivity index (χ3n) is 2.50. The van der Waals surface area contributed by atoms with Crippen LogP contribution < -0.4 is 14.8 Å². The molecule has 20 heavy (non-hydrogen) atoms. The molecule has 0 aliphatic rings. The second kappa shape index (κ2) is 6.21. The molecule has 0 radical (unpaired) electrons. The van der Waals surface area contributed by atoms with Crippen LogP contribution in [0.1, 0.15) is 10.4 Å². The highest BCUT2D eigenvalue weighted by molar-refractivity contribution is 6.29. The molecule has 7 heteroatoms. The fourth-order valence-corrected chi connectivity index (χ4v) is 1.77. The fourth-order valence-electron chi connectivity index (χ4n) is 1.64. The zero-order chi connectivity index (χ0) is 14.5. The maximum absolute atomic E-state index is 12.3. The molecule has 104 valence electrons. The summed E-state index contributed by atoms with van der Waals surface area (Å²) in [5.41, 5.74) is 0.265. The third-order valence-corrected chi connectivity index (χ3v) is 2.71. The van der Waals surface area contributed by atoms with E-state index in [1.165, 1.54) is 26.5 Å². The molecule has 1 heterocycles. The summed E-state index contributed by atoms with van der Waals surface area (Å²) >= 11 is 5.74. The molecule has 0 bridgehead atoms. The van der Waals surface area contributed by atoms with Gasteiger partial charge in [0.05, 0.1) is 14.2 Å². The molecule has 0 aliphatic carbocycles. The largest absolute Gasteiger partial charge is 0.496 e. The smallest absolute Gasteiger partial charge is 0.265 e. The van der Waals surface area contributed by atoms with Crippen LogP contribution in [0.4, 0.5) is 5.95 Å². The molecular formula is C13H12ClN3O3. The molecule has 1 amide bonds. The van der Waals surface area contributed by atoms with Gasteiger partial charge in [0, 0.05) is 6.20 Å². The summed E-state index contributed by atoms with van der Waals surface area (Å²) in [5.74, 6) is 0.449. The van der Waals surface area contributed by atoms with Crippen LogP contribution in [-0.4, -0.2) is 30.1 Å². The average Bonchev–Trinajstić information content (AvgIpc) is 2.46. The first-order valence-corrected chi connectivity index (χ1v) is 6.04. The molecule has 1 N–H and O–H groups in total. The standard InChI is InChI=1S/C13H12ClN3O3/c1-19-8-4-3-5-9(20-2)11(8)12(18)17-13-15-7-6-10(14)16-13/h3-7H,1-2H3,(H,15,16,17,18). The molecule has 0 unspecified atom stereocenters. The van der Waals surface area contributed by atoms with Crippen LogP contribution in [0, 0.1) is 0 Å². The lowest BCUT2D eigenvalue weighted by Gasteiger charge is -2.12. The Kier molecular flexibility index (Phi) is 4.37. The molecule has 1 aromatic heterocycles. The van der Waals surface area contributed by atoms with Gasteiger partial charge in [-0.05, 0) is 18.2 Å². The second-order valence-corrected chi connectivity index (χ2v) is 4.08. The molecule has 2 rings (SSSR count). The van der Waals surface area contributed by atoms with Gasteiger partial charge in [-0.2, -0.15) is 0 Å². The Morgan fingerprint density at radius 2 is 1.85 bits per heavy atom. The van der Waals surface area contributed by atoms with Gasteiger partial charge in [-0.3, -0.25) is 10.1 Å². The predicted molar refractivity (Wildman–Crippen MR) is 74.5 cm³/mol. The minimum atomic E-state index is -0.443. The van der Waals surface area contributed by atoms with E-state index in [0.29, 0.717) is 11.5 Å². The van der Waals surface area contributed by atoms with Crippen molar-refractivity contribution >= 4 is 23.5 Å². The van der Waals surface area contributed by atoms with E-state index in [9.17, 15) is 4.79 Å². The van der Waals surface area contributed by atoms with Crippen molar-refractivity contribution in [2.45, 2.75) is 0 Å². The van der Waals surface area contributed by atoms with Crippen LogP contribution in [0.3, 0.4) is 0 Å². The molecule has 2 aromatic rings. The lowest BCUT2D eigenvalue weighted by molar-refractivity contribution is 0.102. The number of halogens is 1. The van der Waals surface area contributed by atoms with Crippen molar-refractivity contribution < 1.29 is 14.3 Å². The summed E-state index contributed by atoms with van der Waals surface area (Å²) in [6, 6.07) is 6.57. The van der Waals surface area contributed by atoms with Gasteiger partial charge in [-0.15, -0.1) is 0 Å². The zero-order valence-corrected chi connectivity index (χ0v) is 11.6. The number of nitrogens with zero attached hydrogens (tertiary/aromatic N) is 2. The Morgan fingerprint density at radius 3 is 2.40 bits per heavy atom. The van der Waals surface area contributed by atoms with E-state index in [-0.39, 0.29) is 16.7 Å². The number of ether oxygens (including phenoxy) is 2. The fraction of sp³-hybridized carbons (Fsp3) is 0.154. The molecule has 1 aromatic carbocycles. The van der Waals surface area contributed by atoms with Crippen molar-refractivity contribution in [3.8, 4) is 11.5 Å². The summed E-state index contributed by atoms with van der Waals surface area (Å²) in [6.45, 7) is 0. The van der Waals surface area contributed by atoms with E-state index in [1.807, 2.05) is 0 Å². The van der Waals surface area contributed by atoms with E-state index in [0.717, 1.165) is 0 Å². The van der Waals surface area contributed by atoms with Crippen LogP contribution >= 0.6 is 11.6 Å². The van der Waals surface area contributed by atoms with Crippen molar-refractivity contribution in [2.75, 3.05) is 19.5 Å². The Labute approximate surface area is 120 Å². The van der Waals surface area contributed by atoms with Gasteiger partial charge in [-0.1, -0.05) is 17.7 Å². The molecule has 0 fully saturated rings. The van der Waals surface area contributed by atoms with Crippen molar-refractivity contribution in [3.05, 3.63) is 41.2 Å². The summed E-state index contributed by atoms with van der Waals surface area (Å²) in [6.07, 6.45) is 1.45. The number of benzene rings is 1. The van der Waals surface area contributed by atoms with E-state index in [1.54, 1.807) is 18.2 Å². The number of anilines is 1. The van der Waals surface area contributed by atoms with Crippen molar-refractivity contribution in [3.63, 3.8) is 0 Å². The number of carbonyl (C=O) groups is 1. The summed E-state index contributed by atoms with van der Waals surface area (Å²) in [4.78, 5) is 20.1. The van der Waals surface area contributed by atoms with Crippen LogP contribution in [0.5, 0.6) is 11.5 Å². The Morgan fingerprint density at radius 1 is 1.20 bits per heavy atom.